The molecule has 0 amide bonds. The van der Waals surface area contributed by atoms with Crippen LogP contribution in [0.1, 0.15) is 19.3 Å². The van der Waals surface area contributed by atoms with Gasteiger partial charge in [0.05, 0.1) is 12.0 Å². The minimum absolute atomic E-state index is 0.114. The van der Waals surface area contributed by atoms with E-state index in [0.29, 0.717) is 13.0 Å². The molecule has 1 aliphatic rings. The van der Waals surface area contributed by atoms with Crippen LogP contribution in [0.15, 0.2) is 54.6 Å². The summed E-state index contributed by atoms with van der Waals surface area (Å²) in [6, 6.07) is 17.7. The van der Waals surface area contributed by atoms with Crippen molar-refractivity contribution in [3.05, 3.63) is 54.6 Å². The number of amidine groups is 1. The Kier molecular flexibility index (Phi) is 5.23. The standard InChI is InChI=1S/C20H23N3O3/c21-19(22)20(13-18(24)25)11-6-12-23(20)14-26-17-10-5-4-9-16(17)15-7-2-1-3-8-15/h1-5,7-10H,6,11-14H2,(H3,21,22)(H,24,25). The lowest BCUT2D eigenvalue weighted by Gasteiger charge is -2.36. The van der Waals surface area contributed by atoms with Gasteiger partial charge in [0, 0.05) is 12.1 Å². The van der Waals surface area contributed by atoms with E-state index in [2.05, 4.69) is 0 Å². The lowest BCUT2D eigenvalue weighted by Crippen LogP contribution is -2.55. The maximum absolute atomic E-state index is 11.3. The molecule has 1 saturated heterocycles. The Morgan fingerprint density at radius 2 is 1.88 bits per heavy atom. The highest BCUT2D eigenvalue weighted by Gasteiger charge is 2.45. The summed E-state index contributed by atoms with van der Waals surface area (Å²) in [4.78, 5) is 13.2. The molecule has 0 bridgehead atoms. The van der Waals surface area contributed by atoms with Crippen LogP contribution < -0.4 is 10.5 Å². The number of carboxylic acids is 1. The summed E-state index contributed by atoms with van der Waals surface area (Å²) in [5, 5.41) is 17.2. The largest absolute Gasteiger partial charge is 0.481 e. The highest BCUT2D eigenvalue weighted by atomic mass is 16.5. The van der Waals surface area contributed by atoms with Crippen molar-refractivity contribution in [2.24, 2.45) is 5.73 Å². The van der Waals surface area contributed by atoms with Gasteiger partial charge in [0.2, 0.25) is 0 Å². The Labute approximate surface area is 152 Å². The number of ether oxygens (including phenoxy) is 1. The molecule has 6 nitrogen and oxygen atoms in total. The molecule has 0 spiro atoms. The fourth-order valence-corrected chi connectivity index (χ4v) is 3.57. The molecule has 3 rings (SSSR count). The third-order valence-corrected chi connectivity index (χ3v) is 4.92. The molecule has 1 aliphatic heterocycles. The van der Waals surface area contributed by atoms with Gasteiger partial charge in [-0.1, -0.05) is 48.5 Å². The molecule has 26 heavy (non-hydrogen) atoms. The van der Waals surface area contributed by atoms with Crippen LogP contribution in [0.4, 0.5) is 0 Å². The fraction of sp³-hybridized carbons (Fsp3) is 0.300. The van der Waals surface area contributed by atoms with E-state index in [1.54, 1.807) is 0 Å². The van der Waals surface area contributed by atoms with Gasteiger partial charge in [-0.25, -0.2) is 0 Å². The van der Waals surface area contributed by atoms with E-state index in [1.165, 1.54) is 0 Å². The number of nitrogens with zero attached hydrogens (tertiary/aromatic N) is 1. The second kappa shape index (κ2) is 7.58. The van der Waals surface area contributed by atoms with E-state index in [9.17, 15) is 9.90 Å². The summed E-state index contributed by atoms with van der Waals surface area (Å²) in [6.45, 7) is 0.844. The van der Waals surface area contributed by atoms with Gasteiger partial charge in [-0.05, 0) is 24.5 Å². The molecule has 0 radical (unpaired) electrons. The van der Waals surface area contributed by atoms with Crippen molar-refractivity contribution in [2.45, 2.75) is 24.8 Å². The summed E-state index contributed by atoms with van der Waals surface area (Å²) < 4.78 is 6.04. The lowest BCUT2D eigenvalue weighted by atomic mass is 9.91. The second-order valence-corrected chi connectivity index (χ2v) is 6.52. The molecule has 6 heteroatoms. The third-order valence-electron chi connectivity index (χ3n) is 4.92. The van der Waals surface area contributed by atoms with Crippen molar-refractivity contribution in [3.63, 3.8) is 0 Å². The van der Waals surface area contributed by atoms with E-state index < -0.39 is 11.5 Å². The van der Waals surface area contributed by atoms with Crippen LogP contribution in [-0.4, -0.2) is 40.6 Å². The van der Waals surface area contributed by atoms with Crippen LogP contribution in [0.2, 0.25) is 0 Å². The summed E-state index contributed by atoms with van der Waals surface area (Å²) in [6.07, 6.45) is 1.15. The number of hydrogen-bond acceptors (Lipinski definition) is 4. The van der Waals surface area contributed by atoms with Crippen molar-refractivity contribution in [2.75, 3.05) is 13.3 Å². The second-order valence-electron chi connectivity index (χ2n) is 6.52. The Balaban J connectivity index is 1.81. The smallest absolute Gasteiger partial charge is 0.305 e. The number of carbonyl (C=O) groups is 1. The Hall–Kier alpha value is -2.86. The Bertz CT molecular complexity index is 794. The zero-order valence-corrected chi connectivity index (χ0v) is 14.5. The summed E-state index contributed by atoms with van der Waals surface area (Å²) in [7, 11) is 0. The normalized spacial score (nSPS) is 20.0. The number of hydrogen-bond donors (Lipinski definition) is 3. The van der Waals surface area contributed by atoms with Crippen molar-refractivity contribution < 1.29 is 14.6 Å². The van der Waals surface area contributed by atoms with Crippen molar-refractivity contribution >= 4 is 11.8 Å². The van der Waals surface area contributed by atoms with E-state index in [-0.39, 0.29) is 19.0 Å². The molecular formula is C20H23N3O3. The van der Waals surface area contributed by atoms with Crippen molar-refractivity contribution in [1.29, 1.82) is 5.41 Å². The first-order valence-electron chi connectivity index (χ1n) is 8.61. The van der Waals surface area contributed by atoms with Crippen molar-refractivity contribution in [1.82, 2.24) is 4.90 Å². The summed E-state index contributed by atoms with van der Waals surface area (Å²) in [5.41, 5.74) is 6.84. The topological polar surface area (TPSA) is 99.6 Å². The monoisotopic (exact) mass is 353 g/mol. The molecule has 2 aromatic rings. The molecule has 1 unspecified atom stereocenters. The first-order valence-corrected chi connectivity index (χ1v) is 8.61. The number of nitrogens with two attached hydrogens (primary N) is 1. The van der Waals surface area contributed by atoms with Crippen LogP contribution in [-0.2, 0) is 4.79 Å². The minimum atomic E-state index is -0.965. The zero-order valence-electron chi connectivity index (χ0n) is 14.5. The highest BCUT2D eigenvalue weighted by Crippen LogP contribution is 2.34. The van der Waals surface area contributed by atoms with E-state index >= 15 is 0 Å². The van der Waals surface area contributed by atoms with Gasteiger partial charge in [-0.3, -0.25) is 15.1 Å². The number of rotatable bonds is 7. The molecule has 0 aliphatic carbocycles. The zero-order chi connectivity index (χ0) is 18.6. The van der Waals surface area contributed by atoms with Gasteiger partial charge in [-0.15, -0.1) is 0 Å². The van der Waals surface area contributed by atoms with Crippen LogP contribution in [0, 0.1) is 5.41 Å². The molecule has 1 heterocycles. The Morgan fingerprint density at radius 1 is 1.19 bits per heavy atom. The van der Waals surface area contributed by atoms with Gasteiger partial charge >= 0.3 is 5.97 Å². The van der Waals surface area contributed by atoms with E-state index in [1.807, 2.05) is 59.5 Å². The predicted molar refractivity (Wildman–Crippen MR) is 100 cm³/mol. The molecule has 0 aromatic heterocycles. The summed E-state index contributed by atoms with van der Waals surface area (Å²) in [5.74, 6) is -0.354. The molecule has 0 saturated carbocycles. The molecular weight excluding hydrogens is 330 g/mol. The number of aliphatic carboxylic acids is 1. The van der Waals surface area contributed by atoms with Gasteiger partial charge in [-0.2, -0.15) is 0 Å². The predicted octanol–water partition coefficient (Wildman–Crippen LogP) is 2.94. The maximum atomic E-state index is 11.3. The number of likely N-dealkylation sites (tertiary alicyclic amines) is 1. The molecule has 2 aromatic carbocycles. The van der Waals surface area contributed by atoms with E-state index in [0.717, 1.165) is 23.3 Å². The quantitative estimate of drug-likeness (QED) is 0.525. The first kappa shape index (κ1) is 17.9. The fourth-order valence-electron chi connectivity index (χ4n) is 3.57. The number of benzene rings is 2. The lowest BCUT2D eigenvalue weighted by molar-refractivity contribution is -0.139. The Morgan fingerprint density at radius 3 is 2.58 bits per heavy atom. The minimum Gasteiger partial charge on any atom is -0.481 e. The molecule has 1 fully saturated rings. The summed E-state index contributed by atoms with van der Waals surface area (Å²) >= 11 is 0. The highest BCUT2D eigenvalue weighted by molar-refractivity contribution is 5.91. The number of nitrogens with one attached hydrogen (secondary N) is 1. The van der Waals surface area contributed by atoms with Crippen LogP contribution in [0.5, 0.6) is 5.75 Å². The average molecular weight is 353 g/mol. The maximum Gasteiger partial charge on any atom is 0.305 e. The SMILES string of the molecule is N=C(N)C1(CC(=O)O)CCCN1COc1ccccc1-c1ccccc1. The average Bonchev–Trinajstić information content (AvgIpc) is 3.04. The first-order chi connectivity index (χ1) is 12.5. The van der Waals surface area contributed by atoms with Gasteiger partial charge in [0.1, 0.15) is 18.3 Å². The molecule has 1 atom stereocenters. The molecule has 136 valence electrons. The van der Waals surface area contributed by atoms with Gasteiger partial charge in [0.15, 0.2) is 0 Å². The van der Waals surface area contributed by atoms with E-state index in [4.69, 9.17) is 15.9 Å². The van der Waals surface area contributed by atoms with Crippen molar-refractivity contribution in [3.8, 4) is 16.9 Å². The van der Waals surface area contributed by atoms with Crippen LogP contribution in [0.3, 0.4) is 0 Å². The van der Waals surface area contributed by atoms with Gasteiger partial charge in [0.25, 0.3) is 0 Å². The third kappa shape index (κ3) is 3.55. The van der Waals surface area contributed by atoms with Crippen LogP contribution in [0.25, 0.3) is 11.1 Å². The van der Waals surface area contributed by atoms with Crippen LogP contribution >= 0.6 is 0 Å². The number of carboxylic acid groups (broad SMARTS) is 1. The van der Waals surface area contributed by atoms with Gasteiger partial charge < -0.3 is 15.6 Å². The molecule has 4 N–H and O–H groups in total. The number of para-hydroxylation sites is 1.